The summed E-state index contributed by atoms with van der Waals surface area (Å²) < 4.78 is 26.4. The number of thioether (sulfide) groups is 3. The van der Waals surface area contributed by atoms with E-state index in [1.165, 1.54) is 71.7 Å². The van der Waals surface area contributed by atoms with Crippen LogP contribution in [-0.4, -0.2) is 55.9 Å². The van der Waals surface area contributed by atoms with Gasteiger partial charge in [-0.05, 0) is 60.9 Å². The average Bonchev–Trinajstić information content (AvgIpc) is 3.59. The van der Waals surface area contributed by atoms with Crippen LogP contribution in [0.25, 0.3) is 12.2 Å². The van der Waals surface area contributed by atoms with E-state index in [2.05, 4.69) is 15.4 Å². The normalized spacial score (nSPS) is 19.4. The van der Waals surface area contributed by atoms with E-state index in [9.17, 15) is 28.6 Å². The zero-order valence-corrected chi connectivity index (χ0v) is 21.7. The molecule has 2 aromatic carbocycles. The molecule has 0 radical (unpaired) electrons. The lowest BCUT2D eigenvalue weighted by atomic mass is 10.2. The highest BCUT2D eigenvalue weighted by Crippen LogP contribution is 2.34. The van der Waals surface area contributed by atoms with Crippen LogP contribution in [0.15, 0.2) is 56.2 Å². The van der Waals surface area contributed by atoms with Gasteiger partial charge in [-0.2, -0.15) is 9.98 Å². The number of aliphatic imine (C=N–C) groups is 2. The second-order valence-corrected chi connectivity index (χ2v) is 10.7. The van der Waals surface area contributed by atoms with Crippen molar-refractivity contribution in [2.45, 2.75) is 6.42 Å². The lowest BCUT2D eigenvalue weighted by molar-refractivity contribution is -0.114. The van der Waals surface area contributed by atoms with Crippen LogP contribution in [0.5, 0.6) is 11.5 Å². The molecule has 2 amide bonds. The predicted molar refractivity (Wildman–Crippen MR) is 145 cm³/mol. The minimum atomic E-state index is -0.520. The van der Waals surface area contributed by atoms with Gasteiger partial charge in [0.25, 0.3) is 11.8 Å². The molecule has 2 aromatic rings. The molecule has 0 aliphatic carbocycles. The maximum absolute atomic E-state index is 12.9. The highest BCUT2D eigenvalue weighted by Gasteiger charge is 2.28. The summed E-state index contributed by atoms with van der Waals surface area (Å²) in [5.74, 6) is -2.10. The van der Waals surface area contributed by atoms with Crippen molar-refractivity contribution in [3.63, 3.8) is 0 Å². The molecule has 0 saturated carbocycles. The van der Waals surface area contributed by atoms with Gasteiger partial charge in [-0.25, -0.2) is 14.2 Å². The molecule has 5 rings (SSSR count). The van der Waals surface area contributed by atoms with Gasteiger partial charge in [0.2, 0.25) is 0 Å². The van der Waals surface area contributed by atoms with Gasteiger partial charge in [-0.15, -0.1) is 11.8 Å². The number of aromatic hydroxyl groups is 2. The van der Waals surface area contributed by atoms with Crippen LogP contribution in [0.2, 0.25) is 0 Å². The van der Waals surface area contributed by atoms with Crippen molar-refractivity contribution in [3.05, 3.63) is 69.0 Å². The van der Waals surface area contributed by atoms with Crippen molar-refractivity contribution in [3.8, 4) is 11.5 Å². The van der Waals surface area contributed by atoms with Crippen molar-refractivity contribution < 1.29 is 28.6 Å². The summed E-state index contributed by atoms with van der Waals surface area (Å²) in [6.07, 6.45) is 5.87. The van der Waals surface area contributed by atoms with Crippen molar-refractivity contribution in [2.24, 2.45) is 9.98 Å². The third kappa shape index (κ3) is 6.80. The number of carbonyl (C=O) groups is 2. The Labute approximate surface area is 223 Å². The molecule has 3 aliphatic rings. The quantitative estimate of drug-likeness (QED) is 0.453. The first-order chi connectivity index (χ1) is 17.7. The maximum Gasteiger partial charge on any atom is 0.286 e. The Morgan fingerprint density at radius 3 is 2.00 bits per heavy atom. The first kappa shape index (κ1) is 26.9. The molecule has 0 spiro atoms. The number of nitrogens with zero attached hydrogens (tertiary/aromatic N) is 3. The van der Waals surface area contributed by atoms with Crippen molar-refractivity contribution in [1.29, 1.82) is 0 Å². The van der Waals surface area contributed by atoms with Crippen LogP contribution in [0.4, 0.5) is 8.78 Å². The summed E-state index contributed by atoms with van der Waals surface area (Å²) in [5, 5.41) is 21.6. The zero-order chi connectivity index (χ0) is 26.5. The molecule has 1 saturated heterocycles. The van der Waals surface area contributed by atoms with Gasteiger partial charge in [0.1, 0.15) is 27.5 Å². The predicted octanol–water partition coefficient (Wildman–Crippen LogP) is 4.58. The van der Waals surface area contributed by atoms with Gasteiger partial charge in [0.15, 0.2) is 5.17 Å². The Kier molecular flexibility index (Phi) is 8.69. The molecule has 0 aromatic heterocycles. The number of hydrogen-bond donors (Lipinski definition) is 3. The average molecular weight is 563 g/mol. The molecule has 0 unspecified atom stereocenters. The number of hydrogen-bond acceptors (Lipinski definition) is 9. The number of hydrazine groups is 1. The van der Waals surface area contributed by atoms with Gasteiger partial charge in [-0.3, -0.25) is 14.6 Å². The maximum atomic E-state index is 12.9. The highest BCUT2D eigenvalue weighted by molar-refractivity contribution is 8.40. The molecule has 192 valence electrons. The standard InChI is InChI=1S/C13H12FN3O2S.C11H8FNO2S2/c14-9-3-2-8(10(18)7-9)6-11-12(19)16-13(20-11)17-5-1-4-15-17;1-16-11-13-10(15)9(17-11)4-6-2-3-7(12)5-8(6)14/h2-3,6-7,15,18H,1,4-5H2;2-5,14H,1H3/b11-6-;9-4-. The number of rotatable bonds is 2. The van der Waals surface area contributed by atoms with E-state index in [-0.39, 0.29) is 23.3 Å². The topological polar surface area (TPSA) is 115 Å². The Balaban J connectivity index is 0.000000176. The third-order valence-electron chi connectivity index (χ3n) is 5.03. The first-order valence-electron chi connectivity index (χ1n) is 10.8. The van der Waals surface area contributed by atoms with Gasteiger partial charge < -0.3 is 10.2 Å². The molecule has 3 N–H and O–H groups in total. The smallest absolute Gasteiger partial charge is 0.286 e. The fourth-order valence-corrected chi connectivity index (χ4v) is 5.57. The minimum absolute atomic E-state index is 0.191. The largest absolute Gasteiger partial charge is 0.507 e. The summed E-state index contributed by atoms with van der Waals surface area (Å²) in [4.78, 5) is 31.9. The number of phenolic OH excluding ortho intramolecular Hbond substituents is 2. The fraction of sp³-hybridized carbons (Fsp3) is 0.167. The molecule has 13 heteroatoms. The SMILES string of the molecule is CSC1=NC(=O)/C(=C/c2ccc(F)cc2O)S1.O=C1N=C(N2CCCN2)S/C1=C\c1ccc(F)cc1O. The molecule has 0 bridgehead atoms. The van der Waals surface area contributed by atoms with Crippen LogP contribution < -0.4 is 5.43 Å². The Bertz CT molecular complexity index is 1370. The highest BCUT2D eigenvalue weighted by atomic mass is 32.2. The minimum Gasteiger partial charge on any atom is -0.507 e. The number of nitrogens with one attached hydrogen (secondary N) is 1. The van der Waals surface area contributed by atoms with E-state index in [0.717, 1.165) is 31.6 Å². The zero-order valence-electron chi connectivity index (χ0n) is 19.3. The Morgan fingerprint density at radius 1 is 0.946 bits per heavy atom. The third-order valence-corrected chi connectivity index (χ3v) is 8.01. The number of amidine groups is 1. The molecule has 3 aliphatic heterocycles. The van der Waals surface area contributed by atoms with Crippen LogP contribution in [0.3, 0.4) is 0 Å². The summed E-state index contributed by atoms with van der Waals surface area (Å²) in [6.45, 7) is 1.68. The lowest BCUT2D eigenvalue weighted by Crippen LogP contribution is -2.34. The summed E-state index contributed by atoms with van der Waals surface area (Å²) in [6, 6.07) is 7.33. The monoisotopic (exact) mass is 562 g/mol. The molecule has 8 nitrogen and oxygen atoms in total. The van der Waals surface area contributed by atoms with Gasteiger partial charge in [0, 0.05) is 36.3 Å². The number of carbonyl (C=O) groups excluding carboxylic acids is 2. The van der Waals surface area contributed by atoms with Crippen LogP contribution in [-0.2, 0) is 9.59 Å². The number of benzene rings is 2. The molecule has 0 atom stereocenters. The van der Waals surface area contributed by atoms with Gasteiger partial charge in [-0.1, -0.05) is 11.8 Å². The van der Waals surface area contributed by atoms with Crippen molar-refractivity contribution in [1.82, 2.24) is 10.4 Å². The van der Waals surface area contributed by atoms with Crippen LogP contribution in [0.1, 0.15) is 17.5 Å². The van der Waals surface area contributed by atoms with Gasteiger partial charge >= 0.3 is 0 Å². The van der Waals surface area contributed by atoms with Gasteiger partial charge in [0.05, 0.1) is 9.81 Å². The number of amides is 2. The fourth-order valence-electron chi connectivity index (χ4n) is 3.24. The van der Waals surface area contributed by atoms with Crippen molar-refractivity contribution >= 4 is 68.8 Å². The second kappa shape index (κ2) is 11.9. The van der Waals surface area contributed by atoms with E-state index in [0.29, 0.717) is 30.5 Å². The molecule has 3 heterocycles. The Morgan fingerprint density at radius 2 is 1.51 bits per heavy atom. The number of phenols is 2. The van der Waals surface area contributed by atoms with E-state index in [4.69, 9.17) is 0 Å². The van der Waals surface area contributed by atoms with E-state index >= 15 is 0 Å². The first-order valence-corrected chi connectivity index (χ1v) is 13.7. The molecule has 37 heavy (non-hydrogen) atoms. The second-order valence-electron chi connectivity index (χ2n) is 7.63. The molecule has 1 fully saturated rings. The van der Waals surface area contributed by atoms with E-state index in [1.807, 2.05) is 11.3 Å². The van der Waals surface area contributed by atoms with Crippen LogP contribution in [0, 0.1) is 11.6 Å². The molecular weight excluding hydrogens is 542 g/mol. The lowest BCUT2D eigenvalue weighted by Gasteiger charge is -2.15. The Hall–Kier alpha value is -3.13. The number of halogens is 2. The molecular formula is C24H20F2N4O4S3. The summed E-state index contributed by atoms with van der Waals surface area (Å²) in [5.41, 5.74) is 3.92. The summed E-state index contributed by atoms with van der Waals surface area (Å²) >= 11 is 3.88. The summed E-state index contributed by atoms with van der Waals surface area (Å²) in [7, 11) is 0. The van der Waals surface area contributed by atoms with Crippen molar-refractivity contribution in [2.75, 3.05) is 19.3 Å². The van der Waals surface area contributed by atoms with E-state index in [1.54, 1.807) is 0 Å². The van der Waals surface area contributed by atoms with Crippen LogP contribution >= 0.6 is 35.3 Å². The van der Waals surface area contributed by atoms with E-state index < -0.39 is 11.6 Å².